The van der Waals surface area contributed by atoms with Gasteiger partial charge < -0.3 is 10.6 Å². The molecule has 0 spiro atoms. The van der Waals surface area contributed by atoms with Crippen molar-refractivity contribution < 1.29 is 22.8 Å². The van der Waals surface area contributed by atoms with Crippen LogP contribution in [0.15, 0.2) is 30.5 Å². The maximum atomic E-state index is 13.0. The maximum absolute atomic E-state index is 13.0. The highest BCUT2D eigenvalue weighted by molar-refractivity contribution is 7.88. The largest absolute Gasteiger partial charge is 0.344 e. The van der Waals surface area contributed by atoms with Crippen LogP contribution >= 0.6 is 0 Å². The van der Waals surface area contributed by atoms with Crippen LogP contribution in [0.2, 0.25) is 0 Å². The predicted molar refractivity (Wildman–Crippen MR) is 123 cm³/mol. The van der Waals surface area contributed by atoms with E-state index < -0.39 is 33.9 Å². The van der Waals surface area contributed by atoms with Gasteiger partial charge in [0, 0.05) is 6.54 Å². The average Bonchev–Trinajstić information content (AvgIpc) is 2.94. The van der Waals surface area contributed by atoms with Crippen LogP contribution in [0.5, 0.6) is 0 Å². The summed E-state index contributed by atoms with van der Waals surface area (Å²) < 4.78 is 24.7. The summed E-state index contributed by atoms with van der Waals surface area (Å²) in [7, 11) is -3.50. The molecule has 0 aliphatic carbocycles. The molecule has 2 amide bonds. The highest BCUT2D eigenvalue weighted by atomic mass is 32.2. The lowest BCUT2D eigenvalue weighted by Gasteiger charge is -2.23. The van der Waals surface area contributed by atoms with E-state index in [1.807, 2.05) is 19.9 Å². The molecule has 1 aromatic heterocycles. The summed E-state index contributed by atoms with van der Waals surface area (Å²) in [6.07, 6.45) is 3.54. The van der Waals surface area contributed by atoms with E-state index in [0.717, 1.165) is 10.6 Å². The molecule has 1 aromatic carbocycles. The van der Waals surface area contributed by atoms with Gasteiger partial charge in [0.2, 0.25) is 15.9 Å². The fraction of sp³-hybridized carbons (Fsp3) is 0.500. The summed E-state index contributed by atoms with van der Waals surface area (Å²) in [5.41, 5.74) is 1.31. The van der Waals surface area contributed by atoms with E-state index in [1.165, 1.54) is 6.20 Å². The number of ketones is 1. The molecule has 2 heterocycles. The molecule has 11 heteroatoms. The molecule has 3 rings (SSSR count). The van der Waals surface area contributed by atoms with Crippen molar-refractivity contribution >= 4 is 38.7 Å². The molecule has 1 fully saturated rings. The first-order valence-corrected chi connectivity index (χ1v) is 12.7. The third kappa shape index (κ3) is 6.55. The summed E-state index contributed by atoms with van der Waals surface area (Å²) in [5.74, 6) is -1.31. The molecule has 2 atom stereocenters. The van der Waals surface area contributed by atoms with Crippen LogP contribution in [-0.4, -0.2) is 71.7 Å². The van der Waals surface area contributed by atoms with Gasteiger partial charge in [0.25, 0.3) is 5.91 Å². The third-order valence-corrected chi connectivity index (χ3v) is 6.67. The molecule has 0 saturated carbocycles. The number of aromatic nitrogens is 2. The number of benzene rings is 1. The molecule has 2 N–H and O–H groups in total. The third-order valence-electron chi connectivity index (χ3n) is 5.42. The number of Topliss-reactive ketones (excluding diaryl/α,β-unsaturated/α-hetero) is 1. The quantitative estimate of drug-likeness (QED) is 0.606. The van der Waals surface area contributed by atoms with Gasteiger partial charge in [0.1, 0.15) is 11.7 Å². The Morgan fingerprint density at radius 2 is 1.91 bits per heavy atom. The lowest BCUT2D eigenvalue weighted by atomic mass is 10.0. The van der Waals surface area contributed by atoms with Crippen LogP contribution in [0.25, 0.3) is 11.0 Å². The van der Waals surface area contributed by atoms with Gasteiger partial charge in [0.05, 0.1) is 36.1 Å². The second kappa shape index (κ2) is 10.3. The standard InChI is InChI=1S/C22H29N5O5S/c1-14(2)11-18(26-22(30)19-12-23-15-7-4-5-8-16(15)24-19)21(29)25-17-9-6-10-27(13-20(17)28)33(3,31)32/h4-5,7-8,12,14,17-18H,6,9-11,13H2,1-3H3,(H,25,29)(H,26,30). The van der Waals surface area contributed by atoms with E-state index in [-0.39, 0.29) is 30.5 Å². The molecule has 0 radical (unpaired) electrons. The van der Waals surface area contributed by atoms with Crippen LogP contribution in [0, 0.1) is 5.92 Å². The van der Waals surface area contributed by atoms with Crippen molar-refractivity contribution in [2.45, 2.75) is 45.2 Å². The Morgan fingerprint density at radius 1 is 1.21 bits per heavy atom. The number of nitrogens with zero attached hydrogens (tertiary/aromatic N) is 3. The number of para-hydroxylation sites is 2. The van der Waals surface area contributed by atoms with Crippen molar-refractivity contribution in [3.8, 4) is 0 Å². The number of fused-ring (bicyclic) bond motifs is 1. The van der Waals surface area contributed by atoms with Crippen LogP contribution in [0.3, 0.4) is 0 Å². The molecular formula is C22H29N5O5S. The van der Waals surface area contributed by atoms with E-state index in [0.29, 0.717) is 30.3 Å². The molecule has 2 aromatic rings. The molecule has 178 valence electrons. The highest BCUT2D eigenvalue weighted by Crippen LogP contribution is 2.14. The summed E-state index contributed by atoms with van der Waals surface area (Å²) in [5, 5.41) is 5.42. The van der Waals surface area contributed by atoms with Crippen molar-refractivity contribution in [1.82, 2.24) is 24.9 Å². The fourth-order valence-electron chi connectivity index (χ4n) is 3.71. The van der Waals surface area contributed by atoms with E-state index in [1.54, 1.807) is 18.2 Å². The van der Waals surface area contributed by atoms with Crippen LogP contribution in [-0.2, 0) is 19.6 Å². The monoisotopic (exact) mass is 475 g/mol. The van der Waals surface area contributed by atoms with Crippen LogP contribution < -0.4 is 10.6 Å². The van der Waals surface area contributed by atoms with Gasteiger partial charge in [-0.15, -0.1) is 0 Å². The second-order valence-electron chi connectivity index (χ2n) is 8.67. The van der Waals surface area contributed by atoms with Gasteiger partial charge in [-0.05, 0) is 37.3 Å². The Balaban J connectivity index is 1.71. The number of hydrogen-bond acceptors (Lipinski definition) is 7. The first kappa shape index (κ1) is 24.7. The number of carbonyl (C=O) groups excluding carboxylic acids is 3. The molecule has 1 aliphatic rings. The molecule has 2 unspecified atom stereocenters. The van der Waals surface area contributed by atoms with Gasteiger partial charge in [0.15, 0.2) is 5.78 Å². The maximum Gasteiger partial charge on any atom is 0.272 e. The van der Waals surface area contributed by atoms with Gasteiger partial charge in [-0.1, -0.05) is 26.0 Å². The molecule has 1 saturated heterocycles. The number of rotatable bonds is 7. The van der Waals surface area contributed by atoms with Crippen LogP contribution in [0.4, 0.5) is 0 Å². The summed E-state index contributed by atoms with van der Waals surface area (Å²) in [6, 6.07) is 5.46. The minimum Gasteiger partial charge on any atom is -0.344 e. The topological polar surface area (TPSA) is 138 Å². The van der Waals surface area contributed by atoms with Gasteiger partial charge in [-0.3, -0.25) is 19.4 Å². The predicted octanol–water partition coefficient (Wildman–Crippen LogP) is 0.884. The second-order valence-corrected chi connectivity index (χ2v) is 10.6. The van der Waals surface area contributed by atoms with E-state index >= 15 is 0 Å². The molecular weight excluding hydrogens is 446 g/mol. The average molecular weight is 476 g/mol. The Bertz CT molecular complexity index is 1150. The Kier molecular flexibility index (Phi) is 7.75. The van der Waals surface area contributed by atoms with Crippen molar-refractivity contribution in [2.75, 3.05) is 19.3 Å². The summed E-state index contributed by atoms with van der Waals surface area (Å²) in [4.78, 5) is 47.0. The van der Waals surface area contributed by atoms with E-state index in [4.69, 9.17) is 0 Å². The minimum absolute atomic E-state index is 0.0876. The van der Waals surface area contributed by atoms with Crippen molar-refractivity contribution in [2.24, 2.45) is 5.92 Å². The summed E-state index contributed by atoms with van der Waals surface area (Å²) in [6.45, 7) is 3.79. The molecule has 10 nitrogen and oxygen atoms in total. The number of nitrogens with one attached hydrogen (secondary N) is 2. The number of sulfonamides is 1. The van der Waals surface area contributed by atoms with Crippen molar-refractivity contribution in [1.29, 1.82) is 0 Å². The molecule has 1 aliphatic heterocycles. The Hall–Kier alpha value is -2.92. The number of carbonyl (C=O) groups is 3. The van der Waals surface area contributed by atoms with Crippen molar-refractivity contribution in [3.05, 3.63) is 36.2 Å². The Morgan fingerprint density at radius 3 is 2.58 bits per heavy atom. The lowest BCUT2D eigenvalue weighted by Crippen LogP contribution is -2.52. The molecule has 0 bridgehead atoms. The highest BCUT2D eigenvalue weighted by Gasteiger charge is 2.32. The SMILES string of the molecule is CC(C)CC(NC(=O)c1cnc2ccccc2n1)C(=O)NC1CCCN(S(C)(=O)=O)CC1=O. The molecule has 33 heavy (non-hydrogen) atoms. The zero-order chi connectivity index (χ0) is 24.2. The van der Waals surface area contributed by atoms with Gasteiger partial charge in [-0.25, -0.2) is 13.4 Å². The smallest absolute Gasteiger partial charge is 0.272 e. The normalized spacial score (nSPS) is 18.7. The van der Waals surface area contributed by atoms with E-state index in [9.17, 15) is 22.8 Å². The van der Waals surface area contributed by atoms with E-state index in [2.05, 4.69) is 20.6 Å². The number of hydrogen-bond donors (Lipinski definition) is 2. The van der Waals surface area contributed by atoms with Crippen LogP contribution in [0.1, 0.15) is 43.6 Å². The Labute approximate surface area is 193 Å². The van der Waals surface area contributed by atoms with Gasteiger partial charge >= 0.3 is 0 Å². The zero-order valence-corrected chi connectivity index (χ0v) is 19.8. The fourth-order valence-corrected chi connectivity index (χ4v) is 4.53. The lowest BCUT2D eigenvalue weighted by molar-refractivity contribution is -0.129. The number of amides is 2. The first-order chi connectivity index (χ1) is 15.5. The summed E-state index contributed by atoms with van der Waals surface area (Å²) >= 11 is 0. The van der Waals surface area contributed by atoms with Gasteiger partial charge in [-0.2, -0.15) is 4.31 Å². The van der Waals surface area contributed by atoms with Crippen molar-refractivity contribution in [3.63, 3.8) is 0 Å². The first-order valence-electron chi connectivity index (χ1n) is 10.9. The zero-order valence-electron chi connectivity index (χ0n) is 18.9. The minimum atomic E-state index is -3.50.